The van der Waals surface area contributed by atoms with E-state index in [1.807, 2.05) is 6.07 Å². The van der Waals surface area contributed by atoms with Crippen LogP contribution in [0.3, 0.4) is 0 Å². The number of rotatable bonds is 5. The SMILES string of the molecule is O=CCCCCc1ccccc1.[Zn]. The largest absolute Gasteiger partial charge is 0.303 e. The smallest absolute Gasteiger partial charge is 0.119 e. The summed E-state index contributed by atoms with van der Waals surface area (Å²) in [4.78, 5) is 10.0. The summed E-state index contributed by atoms with van der Waals surface area (Å²) >= 11 is 0. The second kappa shape index (κ2) is 8.13. The Kier molecular flexibility index (Phi) is 7.82. The van der Waals surface area contributed by atoms with Gasteiger partial charge in [0.15, 0.2) is 0 Å². The molecule has 0 amide bonds. The van der Waals surface area contributed by atoms with E-state index in [0.717, 1.165) is 25.5 Å². The average Bonchev–Trinajstić information content (AvgIpc) is 2.14. The molecule has 0 radical (unpaired) electrons. The van der Waals surface area contributed by atoms with Crippen molar-refractivity contribution in [2.45, 2.75) is 25.7 Å². The van der Waals surface area contributed by atoms with E-state index in [-0.39, 0.29) is 19.5 Å². The van der Waals surface area contributed by atoms with Crippen LogP contribution < -0.4 is 0 Å². The Morgan fingerprint density at radius 1 is 1.08 bits per heavy atom. The van der Waals surface area contributed by atoms with Crippen molar-refractivity contribution < 1.29 is 24.3 Å². The van der Waals surface area contributed by atoms with Gasteiger partial charge < -0.3 is 4.79 Å². The van der Waals surface area contributed by atoms with Crippen molar-refractivity contribution in [2.75, 3.05) is 0 Å². The number of hydrogen-bond donors (Lipinski definition) is 0. The molecule has 0 heterocycles. The third-order valence-corrected chi connectivity index (χ3v) is 1.88. The first kappa shape index (κ1) is 12.5. The van der Waals surface area contributed by atoms with Crippen molar-refractivity contribution in [3.63, 3.8) is 0 Å². The summed E-state index contributed by atoms with van der Waals surface area (Å²) in [5.41, 5.74) is 1.36. The predicted molar refractivity (Wildman–Crippen MR) is 50.1 cm³/mol. The summed E-state index contributed by atoms with van der Waals surface area (Å²) in [5.74, 6) is 0. The number of unbranched alkanes of at least 4 members (excludes halogenated alkanes) is 2. The van der Waals surface area contributed by atoms with Crippen LogP contribution >= 0.6 is 0 Å². The van der Waals surface area contributed by atoms with Gasteiger partial charge >= 0.3 is 0 Å². The molecule has 0 aliphatic carbocycles. The molecule has 0 fully saturated rings. The van der Waals surface area contributed by atoms with Crippen molar-refractivity contribution in [2.24, 2.45) is 0 Å². The Bertz CT molecular complexity index is 221. The molecule has 0 aliphatic rings. The van der Waals surface area contributed by atoms with Crippen LogP contribution in [0.15, 0.2) is 30.3 Å². The second-order valence-electron chi connectivity index (χ2n) is 2.90. The minimum Gasteiger partial charge on any atom is -0.303 e. The quantitative estimate of drug-likeness (QED) is 0.429. The van der Waals surface area contributed by atoms with E-state index in [9.17, 15) is 4.79 Å². The Morgan fingerprint density at radius 3 is 2.38 bits per heavy atom. The van der Waals surface area contributed by atoms with Gasteiger partial charge in [-0.25, -0.2) is 0 Å². The molecule has 0 saturated heterocycles. The van der Waals surface area contributed by atoms with Gasteiger partial charge in [-0.1, -0.05) is 30.3 Å². The maximum atomic E-state index is 10.0. The van der Waals surface area contributed by atoms with Crippen molar-refractivity contribution in [3.05, 3.63) is 35.9 Å². The van der Waals surface area contributed by atoms with E-state index in [4.69, 9.17) is 0 Å². The van der Waals surface area contributed by atoms with Crippen LogP contribution in [0.5, 0.6) is 0 Å². The number of aldehydes is 1. The minimum atomic E-state index is 0. The number of aryl methyl sites for hydroxylation is 1. The predicted octanol–water partition coefficient (Wildman–Crippen LogP) is 2.60. The molecule has 0 unspecified atom stereocenters. The van der Waals surface area contributed by atoms with Crippen LogP contribution in [0.1, 0.15) is 24.8 Å². The zero-order chi connectivity index (χ0) is 8.65. The van der Waals surface area contributed by atoms with Gasteiger partial charge in [-0.3, -0.25) is 0 Å². The van der Waals surface area contributed by atoms with E-state index in [2.05, 4.69) is 24.3 Å². The summed E-state index contributed by atoms with van der Waals surface area (Å²) < 4.78 is 0. The van der Waals surface area contributed by atoms with Gasteiger partial charge in [-0.15, -0.1) is 0 Å². The van der Waals surface area contributed by atoms with Gasteiger partial charge in [0.05, 0.1) is 0 Å². The average molecular weight is 228 g/mol. The maximum Gasteiger partial charge on any atom is 0.119 e. The van der Waals surface area contributed by atoms with E-state index >= 15 is 0 Å². The summed E-state index contributed by atoms with van der Waals surface area (Å²) in [6.07, 6.45) is 4.91. The molecule has 1 nitrogen and oxygen atoms in total. The molecule has 0 aromatic heterocycles. The second-order valence-corrected chi connectivity index (χ2v) is 2.90. The summed E-state index contributed by atoms with van der Waals surface area (Å²) in [6.45, 7) is 0. The standard InChI is InChI=1S/C11H14O.Zn/c12-10-6-2-5-9-11-7-3-1-4-8-11;/h1,3-4,7-8,10H,2,5-6,9H2;. The van der Waals surface area contributed by atoms with Gasteiger partial charge in [0.25, 0.3) is 0 Å². The van der Waals surface area contributed by atoms with Gasteiger partial charge in [0, 0.05) is 25.9 Å². The van der Waals surface area contributed by atoms with Gasteiger partial charge in [0.2, 0.25) is 0 Å². The molecule has 0 saturated carbocycles. The van der Waals surface area contributed by atoms with E-state index in [1.54, 1.807) is 0 Å². The normalized spacial score (nSPS) is 8.92. The molecule has 13 heavy (non-hydrogen) atoms. The van der Waals surface area contributed by atoms with Gasteiger partial charge in [-0.05, 0) is 24.8 Å². The Morgan fingerprint density at radius 2 is 1.77 bits per heavy atom. The Hall–Kier alpha value is -0.487. The molecular weight excluding hydrogens is 214 g/mol. The van der Waals surface area contributed by atoms with Gasteiger partial charge in [-0.2, -0.15) is 0 Å². The molecule has 0 aliphatic heterocycles. The third kappa shape index (κ3) is 5.71. The van der Waals surface area contributed by atoms with Crippen LogP contribution in [0.25, 0.3) is 0 Å². The first-order valence-electron chi connectivity index (χ1n) is 4.41. The molecule has 66 valence electrons. The van der Waals surface area contributed by atoms with Crippen molar-refractivity contribution in [3.8, 4) is 0 Å². The fraction of sp³-hybridized carbons (Fsp3) is 0.364. The molecular formula is C11H14OZn. The van der Waals surface area contributed by atoms with Crippen molar-refractivity contribution >= 4 is 6.29 Å². The van der Waals surface area contributed by atoms with E-state index in [0.29, 0.717) is 6.42 Å². The van der Waals surface area contributed by atoms with Crippen LogP contribution in [-0.4, -0.2) is 6.29 Å². The first-order chi connectivity index (χ1) is 5.93. The molecule has 1 aromatic carbocycles. The molecule has 0 bridgehead atoms. The third-order valence-electron chi connectivity index (χ3n) is 1.88. The fourth-order valence-electron chi connectivity index (χ4n) is 1.20. The fourth-order valence-corrected chi connectivity index (χ4v) is 1.20. The molecule has 1 rings (SSSR count). The van der Waals surface area contributed by atoms with E-state index < -0.39 is 0 Å². The summed E-state index contributed by atoms with van der Waals surface area (Å²) in [7, 11) is 0. The first-order valence-corrected chi connectivity index (χ1v) is 4.41. The zero-order valence-electron chi connectivity index (χ0n) is 7.91. The zero-order valence-corrected chi connectivity index (χ0v) is 10.9. The van der Waals surface area contributed by atoms with Crippen LogP contribution in [-0.2, 0) is 30.7 Å². The Balaban J connectivity index is 0.00000144. The molecule has 1 aromatic rings. The maximum absolute atomic E-state index is 10.0. The molecule has 2 heteroatoms. The summed E-state index contributed by atoms with van der Waals surface area (Å²) in [5, 5.41) is 0. The van der Waals surface area contributed by atoms with Crippen LogP contribution in [0.2, 0.25) is 0 Å². The van der Waals surface area contributed by atoms with Crippen molar-refractivity contribution in [1.82, 2.24) is 0 Å². The molecule has 0 spiro atoms. The molecule has 0 N–H and O–H groups in total. The van der Waals surface area contributed by atoms with Crippen LogP contribution in [0.4, 0.5) is 0 Å². The molecule has 0 atom stereocenters. The number of hydrogen-bond acceptors (Lipinski definition) is 1. The van der Waals surface area contributed by atoms with Crippen molar-refractivity contribution in [1.29, 1.82) is 0 Å². The minimum absolute atomic E-state index is 0. The Labute approximate surface area is 92.3 Å². The summed E-state index contributed by atoms with van der Waals surface area (Å²) in [6, 6.07) is 10.4. The number of carbonyl (C=O) groups excluding carboxylic acids is 1. The number of benzene rings is 1. The topological polar surface area (TPSA) is 17.1 Å². The van der Waals surface area contributed by atoms with Gasteiger partial charge in [0.1, 0.15) is 6.29 Å². The van der Waals surface area contributed by atoms with Crippen LogP contribution in [0, 0.1) is 0 Å². The number of carbonyl (C=O) groups is 1. The monoisotopic (exact) mass is 226 g/mol. The van der Waals surface area contributed by atoms with E-state index in [1.165, 1.54) is 5.56 Å².